The van der Waals surface area contributed by atoms with E-state index in [0.29, 0.717) is 12.4 Å². The molecule has 0 aromatic heterocycles. The molecule has 1 aromatic rings. The molecule has 2 unspecified atom stereocenters. The Morgan fingerprint density at radius 1 is 1.41 bits per heavy atom. The van der Waals surface area contributed by atoms with Gasteiger partial charge in [0.1, 0.15) is 11.8 Å². The summed E-state index contributed by atoms with van der Waals surface area (Å²) in [7, 11) is -2.50. The molecule has 94 valence electrons. The normalized spacial score (nSPS) is 13.8. The van der Waals surface area contributed by atoms with Crippen molar-refractivity contribution in [1.82, 2.24) is 5.09 Å². The van der Waals surface area contributed by atoms with Crippen molar-refractivity contribution in [2.45, 2.75) is 19.9 Å². The average molecular weight is 257 g/mol. The Morgan fingerprint density at radius 3 is 2.65 bits per heavy atom. The van der Waals surface area contributed by atoms with Crippen LogP contribution in [-0.2, 0) is 14.1 Å². The van der Waals surface area contributed by atoms with E-state index in [1.807, 2.05) is 6.07 Å². The topological polar surface area (TPSA) is 64.6 Å². The summed E-state index contributed by atoms with van der Waals surface area (Å²) in [6, 6.07) is 8.13. The van der Waals surface area contributed by atoms with E-state index >= 15 is 0 Å². The molecule has 0 heterocycles. The van der Waals surface area contributed by atoms with Gasteiger partial charge in [0.25, 0.3) is 0 Å². The molecule has 2 atom stereocenters. The minimum Gasteiger partial charge on any atom is -0.465 e. The lowest BCUT2D eigenvalue weighted by molar-refractivity contribution is -0.144. The fourth-order valence-electron chi connectivity index (χ4n) is 1.13. The molecule has 0 fully saturated rings. The van der Waals surface area contributed by atoms with Gasteiger partial charge in [-0.1, -0.05) is 18.2 Å². The molecule has 5 nitrogen and oxygen atoms in total. The molecule has 0 aliphatic carbocycles. The highest BCUT2D eigenvalue weighted by Gasteiger charge is 2.16. The Kier molecular flexibility index (Phi) is 5.73. The third-order valence-corrected chi connectivity index (χ3v) is 3.02. The van der Waals surface area contributed by atoms with Crippen LogP contribution in [0.2, 0.25) is 0 Å². The summed E-state index contributed by atoms with van der Waals surface area (Å²) in [5.74, 6) is 0.0578. The SMILES string of the molecule is CCOC(=O)C(C)N[PH](=O)Oc1ccccc1. The lowest BCUT2D eigenvalue weighted by Gasteiger charge is -2.12. The zero-order valence-corrected chi connectivity index (χ0v) is 10.8. The zero-order valence-electron chi connectivity index (χ0n) is 9.80. The summed E-state index contributed by atoms with van der Waals surface area (Å²) in [5, 5.41) is 2.56. The average Bonchev–Trinajstić information content (AvgIpc) is 2.30. The van der Waals surface area contributed by atoms with Crippen molar-refractivity contribution in [3.05, 3.63) is 30.3 Å². The van der Waals surface area contributed by atoms with Crippen LogP contribution in [0, 0.1) is 0 Å². The molecule has 0 saturated heterocycles. The second kappa shape index (κ2) is 7.09. The number of ether oxygens (including phenoxy) is 1. The van der Waals surface area contributed by atoms with Gasteiger partial charge in [0.05, 0.1) is 6.61 Å². The van der Waals surface area contributed by atoms with Gasteiger partial charge in [0.2, 0.25) is 0 Å². The van der Waals surface area contributed by atoms with Crippen LogP contribution < -0.4 is 9.61 Å². The molecular weight excluding hydrogens is 241 g/mol. The van der Waals surface area contributed by atoms with Crippen LogP contribution in [0.25, 0.3) is 0 Å². The van der Waals surface area contributed by atoms with E-state index in [1.54, 1.807) is 38.1 Å². The van der Waals surface area contributed by atoms with Gasteiger partial charge in [0.15, 0.2) is 0 Å². The van der Waals surface area contributed by atoms with E-state index in [4.69, 9.17) is 9.26 Å². The zero-order chi connectivity index (χ0) is 12.7. The second-order valence-corrected chi connectivity index (χ2v) is 4.39. The lowest BCUT2D eigenvalue weighted by Crippen LogP contribution is -2.31. The molecule has 17 heavy (non-hydrogen) atoms. The molecule has 0 amide bonds. The van der Waals surface area contributed by atoms with Gasteiger partial charge in [-0.15, -0.1) is 0 Å². The van der Waals surface area contributed by atoms with Crippen molar-refractivity contribution in [3.63, 3.8) is 0 Å². The number of carbonyl (C=O) groups is 1. The molecule has 0 aliphatic rings. The van der Waals surface area contributed by atoms with Crippen LogP contribution >= 0.6 is 8.18 Å². The number of nitrogens with one attached hydrogen (secondary N) is 1. The number of benzene rings is 1. The van der Waals surface area contributed by atoms with E-state index in [1.165, 1.54) is 0 Å². The van der Waals surface area contributed by atoms with Gasteiger partial charge < -0.3 is 9.26 Å². The highest BCUT2D eigenvalue weighted by molar-refractivity contribution is 7.37. The van der Waals surface area contributed by atoms with Crippen LogP contribution in [-0.4, -0.2) is 18.6 Å². The molecular formula is C11H16NO4P. The maximum atomic E-state index is 11.6. The summed E-state index contributed by atoms with van der Waals surface area (Å²) in [6.45, 7) is 3.59. The van der Waals surface area contributed by atoms with Gasteiger partial charge >= 0.3 is 14.1 Å². The summed E-state index contributed by atoms with van der Waals surface area (Å²) in [5.41, 5.74) is 0. The maximum absolute atomic E-state index is 11.6. The van der Waals surface area contributed by atoms with Crippen LogP contribution in [0.3, 0.4) is 0 Å². The number of esters is 1. The highest BCUT2D eigenvalue weighted by Crippen LogP contribution is 2.23. The molecule has 1 N–H and O–H groups in total. The van der Waals surface area contributed by atoms with Crippen molar-refractivity contribution in [2.75, 3.05) is 6.61 Å². The van der Waals surface area contributed by atoms with Crippen molar-refractivity contribution in [2.24, 2.45) is 0 Å². The third kappa shape index (κ3) is 5.02. The smallest absolute Gasteiger partial charge is 0.323 e. The van der Waals surface area contributed by atoms with Crippen LogP contribution in [0.4, 0.5) is 0 Å². The fraction of sp³-hybridized carbons (Fsp3) is 0.364. The van der Waals surface area contributed by atoms with Gasteiger partial charge in [-0.05, 0) is 26.0 Å². The van der Waals surface area contributed by atoms with Crippen LogP contribution in [0.15, 0.2) is 30.3 Å². The minimum atomic E-state index is -2.50. The Labute approximate surface area is 101 Å². The monoisotopic (exact) mass is 257 g/mol. The van der Waals surface area contributed by atoms with E-state index < -0.39 is 20.2 Å². The molecule has 0 aliphatic heterocycles. The standard InChI is InChI=1S/C11H16NO4P/c1-3-15-11(13)9(2)12-17(14)16-10-7-5-4-6-8-10/h4-9,17H,3H2,1-2H3,(H,12,14). The Morgan fingerprint density at radius 2 is 2.06 bits per heavy atom. The number of rotatable bonds is 6. The van der Waals surface area contributed by atoms with E-state index in [0.717, 1.165) is 0 Å². The first-order valence-corrected chi connectivity index (χ1v) is 6.65. The lowest BCUT2D eigenvalue weighted by atomic mass is 10.3. The Balaban J connectivity index is 2.42. The Hall–Kier alpha value is -1.32. The summed E-state index contributed by atoms with van der Waals surface area (Å²) >= 11 is 0. The van der Waals surface area contributed by atoms with E-state index in [-0.39, 0.29) is 0 Å². The fourth-order valence-corrected chi connectivity index (χ4v) is 2.01. The van der Waals surface area contributed by atoms with Crippen LogP contribution in [0.5, 0.6) is 5.75 Å². The van der Waals surface area contributed by atoms with Gasteiger partial charge in [0, 0.05) is 0 Å². The molecule has 0 radical (unpaired) electrons. The van der Waals surface area contributed by atoms with Crippen molar-refractivity contribution < 1.29 is 18.6 Å². The molecule has 6 heteroatoms. The molecule has 1 aromatic carbocycles. The summed E-state index contributed by atoms with van der Waals surface area (Å²) in [6.07, 6.45) is 0. The molecule has 0 bridgehead atoms. The Bertz CT molecular complexity index is 382. The largest absolute Gasteiger partial charge is 0.465 e. The molecule has 0 spiro atoms. The van der Waals surface area contributed by atoms with Gasteiger partial charge in [-0.3, -0.25) is 9.36 Å². The number of para-hydroxylation sites is 1. The third-order valence-electron chi connectivity index (χ3n) is 1.93. The van der Waals surface area contributed by atoms with Crippen molar-refractivity contribution in [3.8, 4) is 5.75 Å². The number of hydrogen-bond donors (Lipinski definition) is 1. The minimum absolute atomic E-state index is 0.297. The summed E-state index contributed by atoms with van der Waals surface area (Å²) < 4.78 is 21.5. The number of carbonyl (C=O) groups excluding carboxylic acids is 1. The van der Waals surface area contributed by atoms with E-state index in [9.17, 15) is 9.36 Å². The van der Waals surface area contributed by atoms with Crippen molar-refractivity contribution >= 4 is 14.1 Å². The van der Waals surface area contributed by atoms with Crippen molar-refractivity contribution in [1.29, 1.82) is 0 Å². The summed E-state index contributed by atoms with van der Waals surface area (Å²) in [4.78, 5) is 11.3. The van der Waals surface area contributed by atoms with Gasteiger partial charge in [-0.2, -0.15) is 0 Å². The molecule has 1 rings (SSSR count). The quantitative estimate of drug-likeness (QED) is 0.623. The van der Waals surface area contributed by atoms with Crippen LogP contribution in [0.1, 0.15) is 13.8 Å². The molecule has 0 saturated carbocycles. The first-order valence-electron chi connectivity index (χ1n) is 5.33. The maximum Gasteiger partial charge on any atom is 0.323 e. The van der Waals surface area contributed by atoms with E-state index in [2.05, 4.69) is 5.09 Å². The predicted octanol–water partition coefficient (Wildman–Crippen LogP) is 2.00. The first kappa shape index (κ1) is 13.7. The second-order valence-electron chi connectivity index (χ2n) is 3.32. The number of hydrogen-bond acceptors (Lipinski definition) is 4. The highest BCUT2D eigenvalue weighted by atomic mass is 31.1. The van der Waals surface area contributed by atoms with Gasteiger partial charge in [-0.25, -0.2) is 5.09 Å². The predicted molar refractivity (Wildman–Crippen MR) is 65.3 cm³/mol. The first-order chi connectivity index (χ1) is 8.13.